The van der Waals surface area contributed by atoms with Gasteiger partial charge in [-0.15, -0.1) is 0 Å². The van der Waals surface area contributed by atoms with Crippen LogP contribution in [0.5, 0.6) is 0 Å². The Morgan fingerprint density at radius 2 is 1.37 bits per heavy atom. The molecule has 1 aromatic heterocycles. The zero-order valence-electron chi connectivity index (χ0n) is 11.8. The van der Waals surface area contributed by atoms with Crippen molar-refractivity contribution in [3.8, 4) is 0 Å². The van der Waals surface area contributed by atoms with Crippen molar-refractivity contribution in [2.75, 3.05) is 0 Å². The molecule has 3 nitrogen and oxygen atoms in total. The molecule has 0 radical (unpaired) electrons. The summed E-state index contributed by atoms with van der Waals surface area (Å²) in [5.74, 6) is 0. The first kappa shape index (κ1) is 27.1. The van der Waals surface area contributed by atoms with Gasteiger partial charge in [0.05, 0.1) is 8.07 Å². The Balaban J connectivity index is -0.000000142. The Bertz CT molecular complexity index is 347. The normalized spacial score (nSPS) is 8.79. The first-order valence-corrected chi connectivity index (χ1v) is 8.89. The van der Waals surface area contributed by atoms with Crippen molar-refractivity contribution in [1.82, 2.24) is 0 Å². The molecule has 0 aliphatic heterocycles. The fraction of sp³-hybridized carbons (Fsp3) is 0.462. The topological polar surface area (TPSA) is 59.7 Å². The van der Waals surface area contributed by atoms with E-state index < -0.39 is 8.07 Å². The molecule has 0 aromatic carbocycles. The molecule has 6 heteroatoms. The molecule has 0 spiro atoms. The van der Waals surface area contributed by atoms with Crippen molar-refractivity contribution in [3.63, 3.8) is 0 Å². The van der Waals surface area contributed by atoms with Crippen molar-refractivity contribution >= 4 is 23.9 Å². The van der Waals surface area contributed by atoms with E-state index in [1.54, 1.807) is 4.50 Å². The van der Waals surface area contributed by atoms with Gasteiger partial charge >= 0.3 is 33.9 Å². The van der Waals surface area contributed by atoms with E-state index in [9.17, 15) is 0 Å². The number of hydrogen-bond acceptors (Lipinski definition) is 1. The van der Waals surface area contributed by atoms with Crippen LogP contribution in [0.25, 0.3) is 0 Å². The molecule has 0 amide bonds. The largest absolute Gasteiger partial charge is 0 e. The molecule has 0 fully saturated rings. The minimum Gasteiger partial charge on any atom is 0 e. The summed E-state index contributed by atoms with van der Waals surface area (Å²) in [7, 11) is -1.21. The van der Waals surface area contributed by atoms with E-state index >= 15 is 0 Å². The van der Waals surface area contributed by atoms with Crippen molar-refractivity contribution in [3.05, 3.63) is 37.5 Å². The molecule has 0 bridgehead atoms. The Morgan fingerprint density at radius 1 is 1.00 bits per heavy atom. The molecule has 0 saturated carbocycles. The molecular formula is C13H18CrO3SSi. The Hall–Kier alpha value is -0.331. The van der Waals surface area contributed by atoms with Crippen LogP contribution in [0.3, 0.4) is 0 Å². The van der Waals surface area contributed by atoms with E-state index in [-0.39, 0.29) is 17.4 Å². The standard InChI is InChI=1S/C10H18SSi.3CO.Cr/c1-10(2,3)12(4,5)9-7-6-8-11-9;3*1-2;/h6-8H,1-5H3;;;;. The third-order valence-electron chi connectivity index (χ3n) is 3.01. The fourth-order valence-corrected chi connectivity index (χ4v) is 5.02. The van der Waals surface area contributed by atoms with Gasteiger partial charge in [-0.2, -0.15) is 11.3 Å². The van der Waals surface area contributed by atoms with Gasteiger partial charge in [0.1, 0.15) is 0 Å². The summed E-state index contributed by atoms with van der Waals surface area (Å²) in [6.07, 6.45) is 0. The van der Waals surface area contributed by atoms with E-state index in [0.29, 0.717) is 5.04 Å². The molecule has 0 aliphatic rings. The number of hydrogen-bond donors (Lipinski definition) is 0. The smallest absolute Gasteiger partial charge is 0 e. The molecule has 19 heavy (non-hydrogen) atoms. The molecule has 104 valence electrons. The average molecular weight is 334 g/mol. The average Bonchev–Trinajstić information content (AvgIpc) is 2.89. The first-order chi connectivity index (χ1) is 8.36. The minimum atomic E-state index is -1.21. The third-order valence-corrected chi connectivity index (χ3v) is 10.7. The molecule has 0 saturated heterocycles. The quantitative estimate of drug-likeness (QED) is 0.430. The zero-order chi connectivity index (χ0) is 15.4. The molecule has 0 N–H and O–H groups in total. The van der Waals surface area contributed by atoms with Gasteiger partial charge in [-0.3, -0.25) is 0 Å². The Morgan fingerprint density at radius 3 is 1.58 bits per heavy atom. The summed E-state index contributed by atoms with van der Waals surface area (Å²) in [5.41, 5.74) is 0. The first-order valence-electron chi connectivity index (χ1n) is 5.01. The van der Waals surface area contributed by atoms with Crippen molar-refractivity contribution in [2.45, 2.75) is 38.9 Å². The van der Waals surface area contributed by atoms with Crippen molar-refractivity contribution in [2.24, 2.45) is 0 Å². The summed E-state index contributed by atoms with van der Waals surface area (Å²) in [4.78, 5) is 0. The molecule has 1 heterocycles. The van der Waals surface area contributed by atoms with Crippen LogP contribution in [-0.2, 0) is 31.3 Å². The second-order valence-electron chi connectivity index (χ2n) is 4.85. The van der Waals surface area contributed by atoms with Gasteiger partial charge in [-0.25, -0.2) is 0 Å². The van der Waals surface area contributed by atoms with E-state index in [2.05, 4.69) is 71.3 Å². The monoisotopic (exact) mass is 334 g/mol. The predicted molar refractivity (Wildman–Crippen MR) is 72.9 cm³/mol. The molecule has 0 atom stereocenters. The molecular weight excluding hydrogens is 316 g/mol. The van der Waals surface area contributed by atoms with E-state index in [1.165, 1.54) is 0 Å². The third kappa shape index (κ3) is 9.24. The van der Waals surface area contributed by atoms with Crippen molar-refractivity contribution in [1.29, 1.82) is 0 Å². The van der Waals surface area contributed by atoms with E-state index in [4.69, 9.17) is 14.0 Å². The van der Waals surface area contributed by atoms with Gasteiger partial charge in [0.25, 0.3) is 0 Å². The van der Waals surface area contributed by atoms with Gasteiger partial charge < -0.3 is 0 Å². The molecule has 0 unspecified atom stereocenters. The van der Waals surface area contributed by atoms with Crippen molar-refractivity contribution < 1.29 is 31.3 Å². The van der Waals surface area contributed by atoms with Crippen LogP contribution in [0.4, 0.5) is 0 Å². The Labute approximate surface area is 131 Å². The second kappa shape index (κ2) is 14.1. The SMILES string of the molecule is CC(C)(C)[Si](C)(C)c1cccs1.[C-]#[O+].[C-]#[O+].[C-]#[O+].[Cr]. The van der Waals surface area contributed by atoms with Gasteiger partial charge in [0, 0.05) is 17.4 Å². The van der Waals surface area contributed by atoms with Crippen LogP contribution in [-0.4, -0.2) is 8.07 Å². The number of rotatable bonds is 1. The van der Waals surface area contributed by atoms with Crippen LogP contribution in [0.2, 0.25) is 18.1 Å². The van der Waals surface area contributed by atoms with Gasteiger partial charge in [0.2, 0.25) is 0 Å². The maximum Gasteiger partial charge on any atom is 0 e. The molecule has 1 aromatic rings. The summed E-state index contributed by atoms with van der Waals surface area (Å²) in [5, 5.41) is 2.66. The molecule has 1 rings (SSSR count). The van der Waals surface area contributed by atoms with Crippen LogP contribution in [0.1, 0.15) is 20.8 Å². The van der Waals surface area contributed by atoms with Crippen LogP contribution in [0.15, 0.2) is 17.5 Å². The zero-order valence-corrected chi connectivity index (χ0v) is 14.9. The summed E-state index contributed by atoms with van der Waals surface area (Å²) < 4.78 is 24.1. The molecule has 0 aliphatic carbocycles. The summed E-state index contributed by atoms with van der Waals surface area (Å²) in [6, 6.07) is 4.46. The Kier molecular flexibility index (Phi) is 20.1. The van der Waals surface area contributed by atoms with Crippen LogP contribution in [0, 0.1) is 20.0 Å². The fourth-order valence-electron chi connectivity index (χ4n) is 1.00. The van der Waals surface area contributed by atoms with Crippen LogP contribution >= 0.6 is 11.3 Å². The van der Waals surface area contributed by atoms with Gasteiger partial charge in [-0.1, -0.05) is 46.0 Å². The van der Waals surface area contributed by atoms with E-state index in [1.807, 2.05) is 11.3 Å². The number of thiophene rings is 1. The summed E-state index contributed by atoms with van der Waals surface area (Å²) in [6.45, 7) is 25.5. The van der Waals surface area contributed by atoms with Gasteiger partial charge in [0.15, 0.2) is 0 Å². The van der Waals surface area contributed by atoms with E-state index in [0.717, 1.165) is 0 Å². The summed E-state index contributed by atoms with van der Waals surface area (Å²) >= 11 is 1.92. The maximum atomic E-state index is 7.50. The maximum absolute atomic E-state index is 7.50. The van der Waals surface area contributed by atoms with Crippen LogP contribution < -0.4 is 4.50 Å². The van der Waals surface area contributed by atoms with Gasteiger partial charge in [-0.05, 0) is 14.9 Å². The second-order valence-corrected chi connectivity index (χ2v) is 11.5. The predicted octanol–water partition coefficient (Wildman–Crippen LogP) is 3.35. The minimum absolute atomic E-state index is 0.